The van der Waals surface area contributed by atoms with Gasteiger partial charge in [0, 0.05) is 35.1 Å². The van der Waals surface area contributed by atoms with Gasteiger partial charge in [-0.2, -0.15) is 0 Å². The molecule has 1 amide bonds. The number of carbonyl (C=O) groups is 1. The summed E-state index contributed by atoms with van der Waals surface area (Å²) in [5.74, 6) is -1.07. The van der Waals surface area contributed by atoms with Gasteiger partial charge < -0.3 is 9.64 Å². The topological polar surface area (TPSA) is 42.4 Å². The number of aromatic nitrogens is 1. The minimum atomic E-state index is -4.87. The largest absolute Gasteiger partial charge is 0.573 e. The molecule has 0 fully saturated rings. The van der Waals surface area contributed by atoms with Crippen molar-refractivity contribution in [3.63, 3.8) is 0 Å². The molecule has 0 spiro atoms. The van der Waals surface area contributed by atoms with Gasteiger partial charge in [0.15, 0.2) is 0 Å². The van der Waals surface area contributed by atoms with Crippen LogP contribution in [0.2, 0.25) is 0 Å². The van der Waals surface area contributed by atoms with E-state index in [2.05, 4.69) is 25.7 Å². The lowest BCUT2D eigenvalue weighted by Crippen LogP contribution is -2.32. The van der Waals surface area contributed by atoms with E-state index < -0.39 is 17.9 Å². The highest BCUT2D eigenvalue weighted by molar-refractivity contribution is 9.10. The Balaban J connectivity index is 1.86. The quantitative estimate of drug-likeness (QED) is 0.639. The molecule has 1 aliphatic rings. The second-order valence-electron chi connectivity index (χ2n) is 5.38. The Kier molecular flexibility index (Phi) is 5.42. The summed E-state index contributed by atoms with van der Waals surface area (Å²) in [5.41, 5.74) is 0.307. The molecular weight excluding hydrogens is 440 g/mol. The third-order valence-electron chi connectivity index (χ3n) is 3.55. The van der Waals surface area contributed by atoms with E-state index in [0.717, 1.165) is 18.2 Å². The lowest BCUT2D eigenvalue weighted by molar-refractivity contribution is -0.274. The summed E-state index contributed by atoms with van der Waals surface area (Å²) in [6, 6.07) is 4.35. The first-order valence-electron chi connectivity index (χ1n) is 7.35. The van der Waals surface area contributed by atoms with Crippen LogP contribution in [0, 0.1) is 5.82 Å². The molecule has 2 aromatic rings. The van der Waals surface area contributed by atoms with Crippen molar-refractivity contribution < 1.29 is 27.1 Å². The standard InChI is InChI=1S/C16H11BrF4N2O2S/c17-10-6-12-14(22-7-10)26-4-3-23(15(12)24)8-9-5-11(1-2-13(9)18)25-16(19,20)21/h1-2,5-7H,3-4,8H2. The number of thioether (sulfide) groups is 1. The molecule has 0 N–H and O–H groups in total. The number of ether oxygens (including phenoxy) is 1. The average Bonchev–Trinajstić information content (AvgIpc) is 2.69. The lowest BCUT2D eigenvalue weighted by Gasteiger charge is -2.21. The van der Waals surface area contributed by atoms with E-state index in [9.17, 15) is 22.4 Å². The normalized spacial score (nSPS) is 14.8. The summed E-state index contributed by atoms with van der Waals surface area (Å²) in [5, 5.41) is 0.565. The maximum absolute atomic E-state index is 14.0. The van der Waals surface area contributed by atoms with Crippen LogP contribution in [-0.2, 0) is 6.54 Å². The Labute approximate surface area is 158 Å². The smallest absolute Gasteiger partial charge is 0.406 e. The molecule has 1 aliphatic heterocycles. The van der Waals surface area contributed by atoms with E-state index in [-0.39, 0.29) is 18.0 Å². The summed E-state index contributed by atoms with van der Waals surface area (Å²) in [7, 11) is 0. The number of hydrogen-bond acceptors (Lipinski definition) is 4. The number of carbonyl (C=O) groups excluding carboxylic acids is 1. The van der Waals surface area contributed by atoms with Crippen molar-refractivity contribution in [2.24, 2.45) is 0 Å². The van der Waals surface area contributed by atoms with E-state index >= 15 is 0 Å². The molecule has 1 aromatic heterocycles. The van der Waals surface area contributed by atoms with Crippen LogP contribution in [0.5, 0.6) is 5.75 Å². The van der Waals surface area contributed by atoms with Crippen LogP contribution in [0.3, 0.4) is 0 Å². The summed E-state index contributed by atoms with van der Waals surface area (Å²) >= 11 is 4.64. The van der Waals surface area contributed by atoms with Gasteiger partial charge in [-0.05, 0) is 40.2 Å². The van der Waals surface area contributed by atoms with Gasteiger partial charge in [-0.15, -0.1) is 24.9 Å². The molecule has 26 heavy (non-hydrogen) atoms. The average molecular weight is 451 g/mol. The van der Waals surface area contributed by atoms with Crippen molar-refractivity contribution in [3.05, 3.63) is 51.9 Å². The van der Waals surface area contributed by atoms with Crippen LogP contribution in [0.15, 0.2) is 40.0 Å². The fraction of sp³-hybridized carbons (Fsp3) is 0.250. The third kappa shape index (κ3) is 4.47. The molecule has 0 saturated carbocycles. The van der Waals surface area contributed by atoms with E-state index in [1.54, 1.807) is 12.3 Å². The highest BCUT2D eigenvalue weighted by Gasteiger charge is 2.31. The molecular formula is C16H11BrF4N2O2S. The van der Waals surface area contributed by atoms with Gasteiger partial charge in [-0.1, -0.05) is 0 Å². The van der Waals surface area contributed by atoms with Crippen molar-refractivity contribution >= 4 is 33.6 Å². The zero-order chi connectivity index (χ0) is 18.9. The Hall–Kier alpha value is -1.81. The number of amides is 1. The van der Waals surface area contributed by atoms with Gasteiger partial charge in [0.05, 0.1) is 5.56 Å². The molecule has 1 aromatic carbocycles. The Morgan fingerprint density at radius 1 is 1.31 bits per heavy atom. The number of benzene rings is 1. The summed E-state index contributed by atoms with van der Waals surface area (Å²) in [6.45, 7) is 0.132. The third-order valence-corrected chi connectivity index (χ3v) is 4.97. The van der Waals surface area contributed by atoms with Gasteiger partial charge in [0.25, 0.3) is 5.91 Å². The maximum atomic E-state index is 14.0. The van der Waals surface area contributed by atoms with E-state index in [1.807, 2.05) is 0 Å². The van der Waals surface area contributed by atoms with Crippen molar-refractivity contribution in [1.82, 2.24) is 9.88 Å². The predicted molar refractivity (Wildman–Crippen MR) is 90.5 cm³/mol. The first-order valence-corrected chi connectivity index (χ1v) is 9.12. The minimum absolute atomic E-state index is 0.0588. The molecule has 2 heterocycles. The first-order chi connectivity index (χ1) is 12.2. The zero-order valence-corrected chi connectivity index (χ0v) is 15.4. The molecule has 0 atom stereocenters. The molecule has 0 saturated heterocycles. The monoisotopic (exact) mass is 450 g/mol. The molecule has 0 bridgehead atoms. The molecule has 0 radical (unpaired) electrons. The van der Waals surface area contributed by atoms with Gasteiger partial charge in [-0.25, -0.2) is 9.37 Å². The Morgan fingerprint density at radius 2 is 2.08 bits per heavy atom. The maximum Gasteiger partial charge on any atom is 0.573 e. The molecule has 138 valence electrons. The molecule has 3 rings (SSSR count). The first kappa shape index (κ1) is 19.0. The van der Waals surface area contributed by atoms with Crippen LogP contribution >= 0.6 is 27.7 Å². The fourth-order valence-electron chi connectivity index (χ4n) is 2.45. The van der Waals surface area contributed by atoms with Gasteiger partial charge >= 0.3 is 6.36 Å². The minimum Gasteiger partial charge on any atom is -0.406 e. The van der Waals surface area contributed by atoms with Gasteiger partial charge in [0.2, 0.25) is 0 Å². The number of alkyl halides is 3. The summed E-state index contributed by atoms with van der Waals surface area (Å²) in [6.07, 6.45) is -3.30. The lowest BCUT2D eigenvalue weighted by atomic mass is 10.1. The molecule has 0 aliphatic carbocycles. The van der Waals surface area contributed by atoms with Crippen LogP contribution in [0.1, 0.15) is 15.9 Å². The van der Waals surface area contributed by atoms with Crippen LogP contribution in [-0.4, -0.2) is 34.5 Å². The van der Waals surface area contributed by atoms with Gasteiger partial charge in [-0.3, -0.25) is 4.79 Å². The van der Waals surface area contributed by atoms with Crippen molar-refractivity contribution in [2.75, 3.05) is 12.3 Å². The van der Waals surface area contributed by atoms with Crippen LogP contribution in [0.4, 0.5) is 17.6 Å². The van der Waals surface area contributed by atoms with E-state index in [1.165, 1.54) is 16.7 Å². The number of hydrogen-bond donors (Lipinski definition) is 0. The Bertz CT molecular complexity index is 847. The second kappa shape index (κ2) is 7.43. The fourth-order valence-corrected chi connectivity index (χ4v) is 3.71. The summed E-state index contributed by atoms with van der Waals surface area (Å²) < 4.78 is 55.6. The highest BCUT2D eigenvalue weighted by atomic mass is 79.9. The van der Waals surface area contributed by atoms with Crippen molar-refractivity contribution in [2.45, 2.75) is 17.9 Å². The van der Waals surface area contributed by atoms with Crippen molar-refractivity contribution in [1.29, 1.82) is 0 Å². The number of pyridine rings is 1. The van der Waals surface area contributed by atoms with E-state index in [4.69, 9.17) is 0 Å². The molecule has 0 unspecified atom stereocenters. The number of fused-ring (bicyclic) bond motifs is 1. The number of rotatable bonds is 3. The van der Waals surface area contributed by atoms with Crippen molar-refractivity contribution in [3.8, 4) is 5.75 Å². The SMILES string of the molecule is O=C1c2cc(Br)cnc2SCCN1Cc1cc(OC(F)(F)F)ccc1F. The van der Waals surface area contributed by atoms with Gasteiger partial charge in [0.1, 0.15) is 16.6 Å². The van der Waals surface area contributed by atoms with E-state index in [0.29, 0.717) is 27.4 Å². The summed E-state index contributed by atoms with van der Waals surface area (Å²) in [4.78, 5) is 18.3. The number of nitrogens with zero attached hydrogens (tertiary/aromatic N) is 2. The second-order valence-corrected chi connectivity index (χ2v) is 7.38. The predicted octanol–water partition coefficient (Wildman–Crippen LogP) is 4.63. The van der Waals surface area contributed by atoms with Crippen LogP contribution < -0.4 is 4.74 Å². The highest BCUT2D eigenvalue weighted by Crippen LogP contribution is 2.30. The number of halogens is 5. The zero-order valence-electron chi connectivity index (χ0n) is 13.0. The Morgan fingerprint density at radius 3 is 2.81 bits per heavy atom. The molecule has 10 heteroatoms. The van der Waals surface area contributed by atoms with Crippen LogP contribution in [0.25, 0.3) is 0 Å². The molecule has 4 nitrogen and oxygen atoms in total.